The van der Waals surface area contributed by atoms with Crippen molar-refractivity contribution in [1.82, 2.24) is 0 Å². The third kappa shape index (κ3) is 2.46. The molecule has 0 heteroatoms. The monoisotopic (exact) mass is 178 g/mol. The van der Waals surface area contributed by atoms with Crippen molar-refractivity contribution in [3.8, 4) is 0 Å². The highest BCUT2D eigenvalue weighted by molar-refractivity contribution is 5.03. The molecule has 4 unspecified atom stereocenters. The van der Waals surface area contributed by atoms with E-state index in [1.807, 2.05) is 0 Å². The summed E-state index contributed by atoms with van der Waals surface area (Å²) in [6, 6.07) is 0. The molecule has 0 nitrogen and oxygen atoms in total. The van der Waals surface area contributed by atoms with Crippen molar-refractivity contribution in [3.63, 3.8) is 0 Å². The summed E-state index contributed by atoms with van der Waals surface area (Å²) < 4.78 is 0. The summed E-state index contributed by atoms with van der Waals surface area (Å²) >= 11 is 0. The molecule has 13 heavy (non-hydrogen) atoms. The zero-order chi connectivity index (χ0) is 9.84. The van der Waals surface area contributed by atoms with E-state index in [0.29, 0.717) is 0 Å². The predicted molar refractivity (Wildman–Crippen MR) is 59.6 cm³/mol. The second-order valence-corrected chi connectivity index (χ2v) is 4.43. The summed E-state index contributed by atoms with van der Waals surface area (Å²) in [5.74, 6) is 3.18. The third-order valence-electron chi connectivity index (χ3n) is 3.54. The Balaban J connectivity index is 2.64. The lowest BCUT2D eigenvalue weighted by Gasteiger charge is -2.34. The average Bonchev–Trinajstić information content (AvgIpc) is 2.12. The molecule has 0 fully saturated rings. The zero-order valence-corrected chi connectivity index (χ0v) is 9.33. The lowest BCUT2D eigenvalue weighted by Crippen LogP contribution is -2.26. The van der Waals surface area contributed by atoms with Crippen molar-refractivity contribution in [3.05, 3.63) is 24.3 Å². The van der Waals surface area contributed by atoms with Crippen molar-refractivity contribution in [2.24, 2.45) is 23.7 Å². The van der Waals surface area contributed by atoms with E-state index in [2.05, 4.69) is 52.0 Å². The molecule has 4 atom stereocenters. The topological polar surface area (TPSA) is 0 Å². The molecule has 0 aromatic carbocycles. The van der Waals surface area contributed by atoms with Crippen LogP contribution in [0, 0.1) is 23.7 Å². The van der Waals surface area contributed by atoms with Crippen LogP contribution < -0.4 is 0 Å². The lowest BCUT2D eigenvalue weighted by atomic mass is 9.71. The fourth-order valence-corrected chi connectivity index (χ4v) is 2.26. The fraction of sp³-hybridized carbons (Fsp3) is 0.692. The molecule has 0 heterocycles. The Hall–Kier alpha value is -0.520. The van der Waals surface area contributed by atoms with E-state index in [9.17, 15) is 0 Å². The lowest BCUT2D eigenvalue weighted by molar-refractivity contribution is 0.231. The summed E-state index contributed by atoms with van der Waals surface area (Å²) in [6.07, 6.45) is 10.5. The number of rotatable bonds is 2. The Bertz CT molecular complexity index is 200. The first kappa shape index (κ1) is 10.6. The zero-order valence-electron chi connectivity index (χ0n) is 9.33. The first-order chi connectivity index (χ1) is 6.16. The van der Waals surface area contributed by atoms with Crippen LogP contribution in [0.1, 0.15) is 34.1 Å². The van der Waals surface area contributed by atoms with Gasteiger partial charge in [0.1, 0.15) is 0 Å². The van der Waals surface area contributed by atoms with Crippen LogP contribution >= 0.6 is 0 Å². The van der Waals surface area contributed by atoms with Gasteiger partial charge in [-0.3, -0.25) is 0 Å². The molecule has 0 aromatic heterocycles. The van der Waals surface area contributed by atoms with Gasteiger partial charge in [-0.2, -0.15) is 0 Å². The minimum atomic E-state index is 0.752. The Morgan fingerprint density at radius 2 is 1.69 bits per heavy atom. The molecule has 0 saturated heterocycles. The van der Waals surface area contributed by atoms with Crippen molar-refractivity contribution >= 4 is 0 Å². The van der Waals surface area contributed by atoms with Gasteiger partial charge in [-0.25, -0.2) is 0 Å². The maximum absolute atomic E-state index is 2.39. The number of hydrogen-bond donors (Lipinski definition) is 0. The number of allylic oxidation sites excluding steroid dienone is 4. The highest BCUT2D eigenvalue weighted by Crippen LogP contribution is 2.35. The molecule has 0 aromatic rings. The Kier molecular flexibility index (Phi) is 3.77. The first-order valence-corrected chi connectivity index (χ1v) is 5.46. The molecule has 0 aliphatic heterocycles. The molecule has 0 saturated carbocycles. The quantitative estimate of drug-likeness (QED) is 0.560. The van der Waals surface area contributed by atoms with Gasteiger partial charge in [0.05, 0.1) is 0 Å². The summed E-state index contributed by atoms with van der Waals surface area (Å²) in [5.41, 5.74) is 0. The maximum atomic E-state index is 2.39. The Labute approximate surface area is 82.7 Å². The van der Waals surface area contributed by atoms with Gasteiger partial charge in [0.15, 0.2) is 0 Å². The minimum absolute atomic E-state index is 0.752. The SMILES string of the molecule is CC=CCC1C(C)C=CC(C)C1C. The Morgan fingerprint density at radius 3 is 2.31 bits per heavy atom. The standard InChI is InChI=1S/C13H22/c1-5-6-7-13-11(3)9-8-10(2)12(13)4/h5-6,8-13H,7H2,1-4H3. The van der Waals surface area contributed by atoms with Crippen LogP contribution in [0.5, 0.6) is 0 Å². The highest BCUT2D eigenvalue weighted by atomic mass is 14.3. The van der Waals surface area contributed by atoms with Gasteiger partial charge in [0, 0.05) is 0 Å². The molecule has 0 N–H and O–H groups in total. The van der Waals surface area contributed by atoms with Gasteiger partial charge in [0.2, 0.25) is 0 Å². The van der Waals surface area contributed by atoms with Gasteiger partial charge in [-0.15, -0.1) is 0 Å². The van der Waals surface area contributed by atoms with Crippen molar-refractivity contribution in [1.29, 1.82) is 0 Å². The van der Waals surface area contributed by atoms with E-state index < -0.39 is 0 Å². The van der Waals surface area contributed by atoms with Crippen LogP contribution in [0.2, 0.25) is 0 Å². The van der Waals surface area contributed by atoms with E-state index >= 15 is 0 Å². The second kappa shape index (κ2) is 4.64. The van der Waals surface area contributed by atoms with Crippen LogP contribution in [0.4, 0.5) is 0 Å². The van der Waals surface area contributed by atoms with Gasteiger partial charge in [-0.1, -0.05) is 45.1 Å². The van der Waals surface area contributed by atoms with Gasteiger partial charge < -0.3 is 0 Å². The van der Waals surface area contributed by atoms with Gasteiger partial charge in [0.25, 0.3) is 0 Å². The summed E-state index contributed by atoms with van der Waals surface area (Å²) in [4.78, 5) is 0. The third-order valence-corrected chi connectivity index (χ3v) is 3.54. The van der Waals surface area contributed by atoms with E-state index in [4.69, 9.17) is 0 Å². The first-order valence-electron chi connectivity index (χ1n) is 5.46. The average molecular weight is 178 g/mol. The Morgan fingerprint density at radius 1 is 1.08 bits per heavy atom. The highest BCUT2D eigenvalue weighted by Gasteiger charge is 2.27. The second-order valence-electron chi connectivity index (χ2n) is 4.43. The van der Waals surface area contributed by atoms with E-state index in [0.717, 1.165) is 23.7 Å². The molecule has 0 bridgehead atoms. The van der Waals surface area contributed by atoms with Crippen LogP contribution in [0.25, 0.3) is 0 Å². The van der Waals surface area contributed by atoms with Gasteiger partial charge in [-0.05, 0) is 37.0 Å². The molecule has 1 rings (SSSR count). The molecule has 1 aliphatic carbocycles. The normalized spacial score (nSPS) is 40.0. The molecule has 1 aliphatic rings. The maximum Gasteiger partial charge on any atom is -0.0228 e. The van der Waals surface area contributed by atoms with Crippen LogP contribution in [0.15, 0.2) is 24.3 Å². The van der Waals surface area contributed by atoms with E-state index in [1.54, 1.807) is 0 Å². The molecule has 74 valence electrons. The smallest absolute Gasteiger partial charge is 0.0228 e. The molecule has 0 radical (unpaired) electrons. The molecule has 0 amide bonds. The fourth-order valence-electron chi connectivity index (χ4n) is 2.26. The van der Waals surface area contributed by atoms with Crippen molar-refractivity contribution in [2.75, 3.05) is 0 Å². The predicted octanol–water partition coefficient (Wildman–Crippen LogP) is 4.05. The van der Waals surface area contributed by atoms with Crippen molar-refractivity contribution in [2.45, 2.75) is 34.1 Å². The van der Waals surface area contributed by atoms with E-state index in [-0.39, 0.29) is 0 Å². The van der Waals surface area contributed by atoms with Crippen LogP contribution in [-0.4, -0.2) is 0 Å². The van der Waals surface area contributed by atoms with Crippen LogP contribution in [0.3, 0.4) is 0 Å². The summed E-state index contributed by atoms with van der Waals surface area (Å²) in [6.45, 7) is 9.17. The minimum Gasteiger partial charge on any atom is -0.0917 e. The summed E-state index contributed by atoms with van der Waals surface area (Å²) in [7, 11) is 0. The van der Waals surface area contributed by atoms with E-state index in [1.165, 1.54) is 6.42 Å². The largest absolute Gasteiger partial charge is 0.0917 e. The molecular weight excluding hydrogens is 156 g/mol. The van der Waals surface area contributed by atoms with Gasteiger partial charge >= 0.3 is 0 Å². The summed E-state index contributed by atoms with van der Waals surface area (Å²) in [5, 5.41) is 0. The van der Waals surface area contributed by atoms with Crippen molar-refractivity contribution < 1.29 is 0 Å². The molecule has 0 spiro atoms. The molecular formula is C13H22. The number of hydrogen-bond acceptors (Lipinski definition) is 0. The van der Waals surface area contributed by atoms with Crippen LogP contribution in [-0.2, 0) is 0 Å².